The molecule has 2 atom stereocenters. The fourth-order valence-electron chi connectivity index (χ4n) is 3.95. The van der Waals surface area contributed by atoms with Crippen LogP contribution in [0, 0.1) is 0 Å². The van der Waals surface area contributed by atoms with Gasteiger partial charge in [-0.15, -0.1) is 0 Å². The number of aliphatic hydroxyl groups is 1. The molecular weight excluding hydrogens is 322 g/mol. The largest absolute Gasteiger partial charge is 0.386 e. The third kappa shape index (κ3) is 3.45. The first-order chi connectivity index (χ1) is 11.9. The number of carbonyl (C=O) groups excluding carboxylic acids is 1. The minimum Gasteiger partial charge on any atom is -0.386 e. The molecule has 0 aromatic carbocycles. The van der Waals surface area contributed by atoms with Crippen LogP contribution in [0.2, 0.25) is 0 Å². The third-order valence-electron chi connectivity index (χ3n) is 5.08. The fraction of sp³-hybridized carbons (Fsp3) is 0.778. The van der Waals surface area contributed by atoms with E-state index in [9.17, 15) is 9.90 Å². The van der Waals surface area contributed by atoms with Gasteiger partial charge in [0.25, 0.3) is 5.91 Å². The highest BCUT2D eigenvalue weighted by molar-refractivity contribution is 5.95. The minimum atomic E-state index is -0.731. The van der Waals surface area contributed by atoms with E-state index in [2.05, 4.69) is 5.10 Å². The molecule has 1 N–H and O–H groups in total. The van der Waals surface area contributed by atoms with Crippen molar-refractivity contribution in [2.45, 2.75) is 64.4 Å². The summed E-state index contributed by atoms with van der Waals surface area (Å²) in [6, 6.07) is 0. The predicted molar refractivity (Wildman–Crippen MR) is 92.5 cm³/mol. The maximum atomic E-state index is 13.1. The Hall–Kier alpha value is -1.44. The molecule has 1 saturated heterocycles. The van der Waals surface area contributed by atoms with Gasteiger partial charge in [0.1, 0.15) is 5.69 Å². The predicted octanol–water partition coefficient (Wildman–Crippen LogP) is 1.54. The number of nitrogens with zero attached hydrogens (tertiary/aromatic N) is 3. The highest BCUT2D eigenvalue weighted by atomic mass is 16.5. The van der Waals surface area contributed by atoms with Crippen LogP contribution in [-0.2, 0) is 22.4 Å². The molecule has 140 valence electrons. The Morgan fingerprint density at radius 1 is 1.44 bits per heavy atom. The Bertz CT molecular complexity index is 637. The number of aromatic nitrogens is 2. The van der Waals surface area contributed by atoms with Crippen molar-refractivity contribution in [1.29, 1.82) is 0 Å². The zero-order valence-corrected chi connectivity index (χ0v) is 15.6. The minimum absolute atomic E-state index is 0.0491. The van der Waals surface area contributed by atoms with Crippen molar-refractivity contribution in [3.63, 3.8) is 0 Å². The third-order valence-corrected chi connectivity index (χ3v) is 5.08. The van der Waals surface area contributed by atoms with E-state index in [1.807, 2.05) is 20.8 Å². The number of hydrogen-bond acceptors (Lipinski definition) is 5. The molecule has 7 nitrogen and oxygen atoms in total. The summed E-state index contributed by atoms with van der Waals surface area (Å²) in [5, 5.41) is 15.0. The Morgan fingerprint density at radius 3 is 2.80 bits per heavy atom. The van der Waals surface area contributed by atoms with Gasteiger partial charge in [-0.05, 0) is 20.3 Å². The van der Waals surface area contributed by atoms with Crippen LogP contribution in [0.15, 0.2) is 0 Å². The second-order valence-corrected chi connectivity index (χ2v) is 7.36. The second-order valence-electron chi connectivity index (χ2n) is 7.36. The molecule has 1 amide bonds. The Kier molecular flexibility index (Phi) is 5.18. The lowest BCUT2D eigenvalue weighted by Gasteiger charge is -2.46. The highest BCUT2D eigenvalue weighted by Gasteiger charge is 2.45. The van der Waals surface area contributed by atoms with E-state index < -0.39 is 5.60 Å². The van der Waals surface area contributed by atoms with E-state index >= 15 is 0 Å². The zero-order valence-electron chi connectivity index (χ0n) is 15.6. The molecule has 0 saturated carbocycles. The molecule has 0 aliphatic carbocycles. The maximum absolute atomic E-state index is 13.1. The normalized spacial score (nSPS) is 24.8. The number of fused-ring (bicyclic) bond motifs is 1. The fourth-order valence-corrected chi connectivity index (χ4v) is 3.95. The van der Waals surface area contributed by atoms with Gasteiger partial charge in [-0.3, -0.25) is 9.48 Å². The van der Waals surface area contributed by atoms with Gasteiger partial charge in [0.05, 0.1) is 49.7 Å². The number of hydrogen-bond donors (Lipinski definition) is 1. The van der Waals surface area contributed by atoms with Crippen LogP contribution in [0.25, 0.3) is 0 Å². The quantitative estimate of drug-likeness (QED) is 0.841. The van der Waals surface area contributed by atoms with E-state index in [0.29, 0.717) is 38.4 Å². The summed E-state index contributed by atoms with van der Waals surface area (Å²) in [6.45, 7) is 7.84. The van der Waals surface area contributed by atoms with Crippen molar-refractivity contribution < 1.29 is 19.4 Å². The molecule has 0 spiro atoms. The second kappa shape index (κ2) is 7.05. The van der Waals surface area contributed by atoms with Gasteiger partial charge in [-0.25, -0.2) is 0 Å². The van der Waals surface area contributed by atoms with Gasteiger partial charge < -0.3 is 19.5 Å². The van der Waals surface area contributed by atoms with Crippen molar-refractivity contribution in [2.24, 2.45) is 0 Å². The molecule has 2 aliphatic heterocycles. The summed E-state index contributed by atoms with van der Waals surface area (Å²) >= 11 is 0. The first kappa shape index (κ1) is 18.4. The first-order valence-electron chi connectivity index (χ1n) is 9.14. The van der Waals surface area contributed by atoms with Crippen LogP contribution in [0.5, 0.6) is 0 Å². The zero-order chi connectivity index (χ0) is 18.2. The average molecular weight is 351 g/mol. The SMILES string of the molecule is CCCC1(O)CN(C(=O)c2c3c(nn2CCOC)[C@H](C)O[C@H](C)C3)C1. The molecule has 3 rings (SSSR count). The smallest absolute Gasteiger partial charge is 0.272 e. The molecule has 0 unspecified atom stereocenters. The number of carbonyl (C=O) groups is 1. The van der Waals surface area contributed by atoms with E-state index in [0.717, 1.165) is 24.1 Å². The Labute approximate surface area is 148 Å². The first-order valence-corrected chi connectivity index (χ1v) is 9.14. The van der Waals surface area contributed by atoms with Crippen LogP contribution in [0.3, 0.4) is 0 Å². The van der Waals surface area contributed by atoms with Crippen molar-refractivity contribution in [1.82, 2.24) is 14.7 Å². The molecule has 1 aromatic rings. The lowest BCUT2D eigenvalue weighted by molar-refractivity contribution is -0.0864. The van der Waals surface area contributed by atoms with E-state index in [-0.39, 0.29) is 18.1 Å². The summed E-state index contributed by atoms with van der Waals surface area (Å²) in [7, 11) is 1.64. The summed E-state index contributed by atoms with van der Waals surface area (Å²) < 4.78 is 12.8. The Balaban J connectivity index is 1.87. The van der Waals surface area contributed by atoms with Crippen LogP contribution in [0.4, 0.5) is 0 Å². The standard InChI is InChI=1S/C18H29N3O4/c1-5-6-18(23)10-20(11-18)17(22)16-14-9-12(2)25-13(3)15(14)19-21(16)7-8-24-4/h12-13,23H,5-11H2,1-4H3/t12-,13+/m1/s1. The van der Waals surface area contributed by atoms with Crippen molar-refractivity contribution >= 4 is 5.91 Å². The molecule has 3 heterocycles. The number of β-amino-alcohol motifs (C(OH)–C–C–N with tert-alkyl or cyclic N) is 1. The van der Waals surface area contributed by atoms with Gasteiger partial charge in [0.15, 0.2) is 0 Å². The van der Waals surface area contributed by atoms with Crippen molar-refractivity contribution in [3.05, 3.63) is 17.0 Å². The van der Waals surface area contributed by atoms with Crippen LogP contribution >= 0.6 is 0 Å². The summed E-state index contributed by atoms with van der Waals surface area (Å²) in [5.41, 5.74) is 1.73. The van der Waals surface area contributed by atoms with Crippen molar-refractivity contribution in [2.75, 3.05) is 26.8 Å². The van der Waals surface area contributed by atoms with Gasteiger partial charge in [-0.2, -0.15) is 5.10 Å². The summed E-state index contributed by atoms with van der Waals surface area (Å²) in [4.78, 5) is 14.8. The number of likely N-dealkylation sites (tertiary alicyclic amines) is 1. The molecule has 25 heavy (non-hydrogen) atoms. The van der Waals surface area contributed by atoms with Crippen LogP contribution in [0.1, 0.15) is 61.5 Å². The van der Waals surface area contributed by atoms with Gasteiger partial charge >= 0.3 is 0 Å². The van der Waals surface area contributed by atoms with Gasteiger partial charge in [0, 0.05) is 19.1 Å². The molecule has 1 fully saturated rings. The molecule has 0 radical (unpaired) electrons. The number of amides is 1. The molecule has 2 aliphatic rings. The summed E-state index contributed by atoms with van der Waals surface area (Å²) in [6.07, 6.45) is 2.25. The average Bonchev–Trinajstić information content (AvgIpc) is 2.88. The number of ether oxygens (including phenoxy) is 2. The van der Waals surface area contributed by atoms with E-state index in [1.165, 1.54) is 0 Å². The number of rotatable bonds is 6. The van der Waals surface area contributed by atoms with Crippen LogP contribution in [-0.4, -0.2) is 64.2 Å². The van der Waals surface area contributed by atoms with Gasteiger partial charge in [-0.1, -0.05) is 13.3 Å². The van der Waals surface area contributed by atoms with Crippen molar-refractivity contribution in [3.8, 4) is 0 Å². The van der Waals surface area contributed by atoms with E-state index in [4.69, 9.17) is 9.47 Å². The lowest BCUT2D eigenvalue weighted by Crippen LogP contribution is -2.63. The van der Waals surface area contributed by atoms with Crippen LogP contribution < -0.4 is 0 Å². The Morgan fingerprint density at radius 2 is 2.16 bits per heavy atom. The molecule has 0 bridgehead atoms. The molecule has 7 heteroatoms. The maximum Gasteiger partial charge on any atom is 0.272 e. The molecular formula is C18H29N3O4. The lowest BCUT2D eigenvalue weighted by atomic mass is 9.88. The highest BCUT2D eigenvalue weighted by Crippen LogP contribution is 2.34. The monoisotopic (exact) mass is 351 g/mol. The van der Waals surface area contributed by atoms with E-state index in [1.54, 1.807) is 16.7 Å². The number of methoxy groups -OCH3 is 1. The molecule has 1 aromatic heterocycles. The van der Waals surface area contributed by atoms with Gasteiger partial charge in [0.2, 0.25) is 0 Å². The summed E-state index contributed by atoms with van der Waals surface area (Å²) in [5.74, 6) is -0.0491. The topological polar surface area (TPSA) is 76.8 Å².